The molecular formula is C21H25NO4S. The number of thioether (sulfide) groups is 1. The molecule has 0 heterocycles. The second-order valence-corrected chi connectivity index (χ2v) is 6.87. The molecule has 27 heavy (non-hydrogen) atoms. The third-order valence-electron chi connectivity index (χ3n) is 4.24. The Morgan fingerprint density at radius 2 is 1.85 bits per heavy atom. The first-order valence-corrected chi connectivity index (χ1v) is 9.88. The van der Waals surface area contributed by atoms with E-state index in [2.05, 4.69) is 5.32 Å². The molecule has 1 N–H and O–H groups in total. The van der Waals surface area contributed by atoms with Crippen molar-refractivity contribution in [3.8, 4) is 0 Å². The van der Waals surface area contributed by atoms with Gasteiger partial charge in [0.25, 0.3) is 0 Å². The number of amides is 1. The zero-order valence-electron chi connectivity index (χ0n) is 16.1. The van der Waals surface area contributed by atoms with Crippen LogP contribution in [-0.4, -0.2) is 26.4 Å². The maximum Gasteiger partial charge on any atom is 0.217 e. The van der Waals surface area contributed by atoms with Crippen LogP contribution in [0.5, 0.6) is 0 Å². The zero-order valence-corrected chi connectivity index (χ0v) is 16.9. The number of hydrogen-bond acceptors (Lipinski definition) is 5. The first-order valence-electron chi connectivity index (χ1n) is 8.66. The molecule has 1 aromatic carbocycles. The van der Waals surface area contributed by atoms with Crippen molar-refractivity contribution in [2.24, 2.45) is 0 Å². The molecule has 2 rings (SSSR count). The summed E-state index contributed by atoms with van der Waals surface area (Å²) in [6.07, 6.45) is 10.8. The quantitative estimate of drug-likeness (QED) is 0.796. The van der Waals surface area contributed by atoms with E-state index in [9.17, 15) is 9.59 Å². The van der Waals surface area contributed by atoms with Crippen molar-refractivity contribution >= 4 is 23.7 Å². The number of hydrogen-bond donors (Lipinski definition) is 1. The van der Waals surface area contributed by atoms with Crippen LogP contribution in [-0.2, 0) is 14.3 Å². The van der Waals surface area contributed by atoms with E-state index in [0.717, 1.165) is 11.1 Å². The molecule has 1 aromatic rings. The minimum Gasteiger partial charge on any atom is -0.493 e. The summed E-state index contributed by atoms with van der Waals surface area (Å²) in [5, 5.41) is 2.97. The molecule has 1 aliphatic carbocycles. The number of methoxy groups -OCH3 is 2. The van der Waals surface area contributed by atoms with E-state index in [1.807, 2.05) is 36.6 Å². The molecule has 0 radical (unpaired) electrons. The van der Waals surface area contributed by atoms with Crippen molar-refractivity contribution in [1.29, 1.82) is 0 Å². The largest absolute Gasteiger partial charge is 0.493 e. The predicted octanol–water partition coefficient (Wildman–Crippen LogP) is 3.81. The molecule has 0 bridgehead atoms. The fraction of sp³-hybridized carbons (Fsp3) is 0.333. The Morgan fingerprint density at radius 1 is 1.15 bits per heavy atom. The number of carbonyl (C=O) groups excluding carboxylic acids is 1. The molecule has 0 spiro atoms. The van der Waals surface area contributed by atoms with E-state index < -0.39 is 0 Å². The van der Waals surface area contributed by atoms with Gasteiger partial charge in [0.05, 0.1) is 25.2 Å². The molecule has 0 fully saturated rings. The van der Waals surface area contributed by atoms with Crippen LogP contribution >= 0.6 is 11.8 Å². The van der Waals surface area contributed by atoms with Crippen molar-refractivity contribution in [2.45, 2.75) is 30.7 Å². The van der Waals surface area contributed by atoms with Crippen LogP contribution in [0.25, 0.3) is 6.08 Å². The Balaban J connectivity index is 2.70. The fourth-order valence-electron chi connectivity index (χ4n) is 2.93. The minimum absolute atomic E-state index is 0.0574. The van der Waals surface area contributed by atoms with Crippen LogP contribution < -0.4 is 10.7 Å². The molecule has 0 aromatic heterocycles. The van der Waals surface area contributed by atoms with Crippen LogP contribution in [0.1, 0.15) is 36.9 Å². The summed E-state index contributed by atoms with van der Waals surface area (Å²) >= 11 is 1.40. The van der Waals surface area contributed by atoms with Gasteiger partial charge in [0.2, 0.25) is 5.91 Å². The van der Waals surface area contributed by atoms with E-state index in [1.165, 1.54) is 18.7 Å². The lowest BCUT2D eigenvalue weighted by Crippen LogP contribution is -2.26. The van der Waals surface area contributed by atoms with Crippen LogP contribution in [0.3, 0.4) is 0 Å². The molecule has 6 heteroatoms. The van der Waals surface area contributed by atoms with Crippen LogP contribution in [0, 0.1) is 0 Å². The summed E-state index contributed by atoms with van der Waals surface area (Å²) < 4.78 is 10.9. The molecule has 1 atom stereocenters. The zero-order chi connectivity index (χ0) is 19.8. The van der Waals surface area contributed by atoms with E-state index in [-0.39, 0.29) is 17.4 Å². The molecule has 0 unspecified atom stereocenters. The maximum atomic E-state index is 12.6. The molecule has 144 valence electrons. The van der Waals surface area contributed by atoms with Gasteiger partial charge in [-0.3, -0.25) is 9.59 Å². The Hall–Kier alpha value is -2.47. The number of ether oxygens (including phenoxy) is 2. The summed E-state index contributed by atoms with van der Waals surface area (Å²) in [5.74, 6) is 1.06. The lowest BCUT2D eigenvalue weighted by molar-refractivity contribution is -0.119. The highest BCUT2D eigenvalue weighted by Gasteiger charge is 2.17. The van der Waals surface area contributed by atoms with E-state index in [4.69, 9.17) is 9.47 Å². The monoisotopic (exact) mass is 387 g/mol. The van der Waals surface area contributed by atoms with Gasteiger partial charge in [-0.25, -0.2) is 0 Å². The second kappa shape index (κ2) is 10.0. The number of allylic oxidation sites excluding steroid dienone is 3. The molecule has 0 saturated heterocycles. The summed E-state index contributed by atoms with van der Waals surface area (Å²) in [6, 6.07) is 5.07. The summed E-state index contributed by atoms with van der Waals surface area (Å²) in [6.45, 7) is 1.48. The highest BCUT2D eigenvalue weighted by Crippen LogP contribution is 2.26. The van der Waals surface area contributed by atoms with Gasteiger partial charge in [0.15, 0.2) is 16.9 Å². The van der Waals surface area contributed by atoms with Crippen molar-refractivity contribution in [3.05, 3.63) is 69.3 Å². The standard InChI is InChI=1S/C21H25NO4S/c1-14(23)22-17-7-5-6-8-19(25-2)20(26-3)11-9-15-10-12-21(27-4)18(24)13-16(15)17/h6,8-13,17H,5,7H2,1-4H3,(H,22,23)/b8-6+,11-9+,20-19-/t17-/m0/s1. The van der Waals surface area contributed by atoms with Gasteiger partial charge in [-0.2, -0.15) is 0 Å². The van der Waals surface area contributed by atoms with Gasteiger partial charge in [0, 0.05) is 6.92 Å². The Bertz CT molecular complexity index is 842. The van der Waals surface area contributed by atoms with Crippen molar-refractivity contribution in [2.75, 3.05) is 20.5 Å². The molecule has 1 amide bonds. The van der Waals surface area contributed by atoms with E-state index in [0.29, 0.717) is 29.3 Å². The molecule has 0 saturated carbocycles. The van der Waals surface area contributed by atoms with Gasteiger partial charge < -0.3 is 14.8 Å². The molecule has 1 aliphatic rings. The van der Waals surface area contributed by atoms with Crippen LogP contribution in [0.15, 0.2) is 57.6 Å². The number of fused-ring (bicyclic) bond motifs is 1. The van der Waals surface area contributed by atoms with Crippen molar-refractivity contribution in [1.82, 2.24) is 5.32 Å². The summed E-state index contributed by atoms with van der Waals surface area (Å²) in [7, 11) is 3.18. The molecule has 5 nitrogen and oxygen atoms in total. The summed E-state index contributed by atoms with van der Waals surface area (Å²) in [4.78, 5) is 25.0. The highest BCUT2D eigenvalue weighted by atomic mass is 32.2. The lowest BCUT2D eigenvalue weighted by Gasteiger charge is -2.18. The normalized spacial score (nSPS) is 22.0. The van der Waals surface area contributed by atoms with Gasteiger partial charge >= 0.3 is 0 Å². The average molecular weight is 388 g/mol. The molecular weight excluding hydrogens is 362 g/mol. The van der Waals surface area contributed by atoms with Crippen molar-refractivity contribution < 1.29 is 14.3 Å². The third-order valence-corrected chi connectivity index (χ3v) is 5.02. The van der Waals surface area contributed by atoms with Crippen LogP contribution in [0.4, 0.5) is 0 Å². The van der Waals surface area contributed by atoms with Gasteiger partial charge in [-0.05, 0) is 54.5 Å². The van der Waals surface area contributed by atoms with Gasteiger partial charge in [-0.15, -0.1) is 11.8 Å². The Kier molecular flexibility index (Phi) is 7.73. The minimum atomic E-state index is -0.267. The Morgan fingerprint density at radius 3 is 2.48 bits per heavy atom. The lowest BCUT2D eigenvalue weighted by atomic mass is 9.98. The van der Waals surface area contributed by atoms with Gasteiger partial charge in [-0.1, -0.05) is 18.2 Å². The fourth-order valence-corrected chi connectivity index (χ4v) is 3.40. The number of nitrogens with one attached hydrogen (secondary N) is 1. The first-order chi connectivity index (χ1) is 13.0. The van der Waals surface area contributed by atoms with Crippen LogP contribution in [0.2, 0.25) is 0 Å². The van der Waals surface area contributed by atoms with Gasteiger partial charge in [0.1, 0.15) is 0 Å². The number of rotatable bonds is 4. The highest BCUT2D eigenvalue weighted by molar-refractivity contribution is 7.98. The Labute approximate surface area is 164 Å². The predicted molar refractivity (Wildman–Crippen MR) is 110 cm³/mol. The smallest absolute Gasteiger partial charge is 0.217 e. The van der Waals surface area contributed by atoms with E-state index in [1.54, 1.807) is 26.4 Å². The van der Waals surface area contributed by atoms with E-state index >= 15 is 0 Å². The first kappa shape index (κ1) is 20.8. The topological polar surface area (TPSA) is 64.6 Å². The van der Waals surface area contributed by atoms with Crippen molar-refractivity contribution in [3.63, 3.8) is 0 Å². The SMILES string of the molecule is COC1=C(OC)/C=C/c2ccc(SC)c(=O)cc2[C@@H](NC(C)=O)CC\C=C\1. The second-order valence-electron chi connectivity index (χ2n) is 6.02. The molecule has 0 aliphatic heterocycles. The maximum absolute atomic E-state index is 12.6. The average Bonchev–Trinajstić information content (AvgIpc) is 2.81. The third kappa shape index (κ3) is 5.50. The summed E-state index contributed by atoms with van der Waals surface area (Å²) in [5.41, 5.74) is 1.58. The number of carbonyl (C=O) groups is 1.